The maximum atomic E-state index is 5.83. The van der Waals surface area contributed by atoms with Gasteiger partial charge in [0, 0.05) is 5.92 Å². The topological polar surface area (TPSA) is 31.0 Å². The summed E-state index contributed by atoms with van der Waals surface area (Å²) in [4.78, 5) is 0. The molecule has 1 aliphatic heterocycles. The van der Waals surface area contributed by atoms with E-state index in [4.69, 9.17) is 14.2 Å². The Bertz CT molecular complexity index is 1010. The summed E-state index contributed by atoms with van der Waals surface area (Å²) in [5, 5.41) is 0. The summed E-state index contributed by atoms with van der Waals surface area (Å²) in [5.74, 6) is 3.37. The van der Waals surface area contributed by atoms with E-state index in [0.29, 0.717) is 24.4 Å². The van der Waals surface area contributed by atoms with Crippen molar-refractivity contribution in [2.75, 3.05) is 20.3 Å². The van der Waals surface area contributed by atoms with Gasteiger partial charge >= 0.3 is 0 Å². The van der Waals surface area contributed by atoms with Crippen LogP contribution in [0, 0.1) is 5.92 Å². The minimum absolute atomic E-state index is 0.285. The molecule has 160 valence electrons. The van der Waals surface area contributed by atoms with E-state index in [2.05, 4.69) is 79.7 Å². The zero-order chi connectivity index (χ0) is 21.2. The number of rotatable bonds is 7. The van der Waals surface area contributed by atoms with Crippen LogP contribution in [0.2, 0.25) is 0 Å². The Morgan fingerprint density at radius 2 is 1.55 bits per heavy atom. The standard InChI is InChI=1S/C28H30O3/c1-19-15-22(16-20-7-11-23(29-2)12-8-20)26-5-3-4-6-27(26)28(19)21-9-13-24(14-10-21)30-17-25-18-31-25/h3-14,19,22,25,28H,15-18H2,1-2H3. The first kappa shape index (κ1) is 20.1. The van der Waals surface area contributed by atoms with Gasteiger partial charge in [0.2, 0.25) is 0 Å². The lowest BCUT2D eigenvalue weighted by atomic mass is 9.67. The summed E-state index contributed by atoms with van der Waals surface area (Å²) in [6.07, 6.45) is 2.53. The SMILES string of the molecule is COc1ccc(CC2CC(C)C(c3ccc(OCC4CO4)cc3)c3ccccc32)cc1. The molecule has 0 saturated carbocycles. The molecule has 3 aromatic carbocycles. The second kappa shape index (κ2) is 8.76. The van der Waals surface area contributed by atoms with E-state index in [1.807, 2.05) is 0 Å². The van der Waals surface area contributed by atoms with Crippen LogP contribution in [0.25, 0.3) is 0 Å². The lowest BCUT2D eigenvalue weighted by Crippen LogP contribution is -2.24. The van der Waals surface area contributed by atoms with E-state index in [1.165, 1.54) is 28.7 Å². The molecule has 3 aromatic rings. The third-order valence-corrected chi connectivity index (χ3v) is 6.71. The third kappa shape index (κ3) is 4.47. The molecule has 3 nitrogen and oxygen atoms in total. The van der Waals surface area contributed by atoms with Gasteiger partial charge in [-0.2, -0.15) is 0 Å². The lowest BCUT2D eigenvalue weighted by molar-refractivity contribution is 0.263. The Hall–Kier alpha value is -2.78. The largest absolute Gasteiger partial charge is 0.497 e. The Morgan fingerprint density at radius 3 is 2.23 bits per heavy atom. The highest BCUT2D eigenvalue weighted by Gasteiger charge is 2.33. The number of methoxy groups -OCH3 is 1. The second-order valence-corrected chi connectivity index (χ2v) is 8.90. The van der Waals surface area contributed by atoms with Crippen LogP contribution in [0.1, 0.15) is 47.4 Å². The fraction of sp³-hybridized carbons (Fsp3) is 0.357. The highest BCUT2D eigenvalue weighted by Crippen LogP contribution is 2.47. The van der Waals surface area contributed by atoms with Crippen LogP contribution >= 0.6 is 0 Å². The van der Waals surface area contributed by atoms with Crippen LogP contribution in [0.3, 0.4) is 0 Å². The maximum absolute atomic E-state index is 5.83. The second-order valence-electron chi connectivity index (χ2n) is 8.90. The van der Waals surface area contributed by atoms with Crippen molar-refractivity contribution in [1.82, 2.24) is 0 Å². The van der Waals surface area contributed by atoms with Gasteiger partial charge in [-0.05, 0) is 71.2 Å². The van der Waals surface area contributed by atoms with E-state index in [-0.39, 0.29) is 6.10 Å². The van der Waals surface area contributed by atoms with Crippen LogP contribution in [-0.2, 0) is 11.2 Å². The van der Waals surface area contributed by atoms with Crippen molar-refractivity contribution in [3.05, 3.63) is 95.1 Å². The van der Waals surface area contributed by atoms with Gasteiger partial charge in [-0.3, -0.25) is 0 Å². The first-order valence-electron chi connectivity index (χ1n) is 11.3. The predicted octanol–water partition coefficient (Wildman–Crippen LogP) is 5.97. The van der Waals surface area contributed by atoms with Gasteiger partial charge in [0.1, 0.15) is 24.2 Å². The first-order chi connectivity index (χ1) is 15.2. The molecule has 0 N–H and O–H groups in total. The molecule has 1 heterocycles. The Labute approximate surface area is 185 Å². The monoisotopic (exact) mass is 414 g/mol. The fourth-order valence-corrected chi connectivity index (χ4v) is 5.06. The van der Waals surface area contributed by atoms with Gasteiger partial charge in [0.25, 0.3) is 0 Å². The van der Waals surface area contributed by atoms with Crippen molar-refractivity contribution >= 4 is 0 Å². The first-order valence-corrected chi connectivity index (χ1v) is 11.3. The predicted molar refractivity (Wildman–Crippen MR) is 123 cm³/mol. The molecule has 0 spiro atoms. The summed E-state index contributed by atoms with van der Waals surface area (Å²) in [5.41, 5.74) is 5.71. The average Bonchev–Trinajstić information content (AvgIpc) is 3.64. The highest BCUT2D eigenvalue weighted by molar-refractivity contribution is 5.45. The number of epoxide rings is 1. The lowest BCUT2D eigenvalue weighted by Gasteiger charge is -2.37. The van der Waals surface area contributed by atoms with Gasteiger partial charge in [0.15, 0.2) is 0 Å². The summed E-state index contributed by atoms with van der Waals surface area (Å²) in [7, 11) is 1.72. The number of fused-ring (bicyclic) bond motifs is 1. The van der Waals surface area contributed by atoms with Crippen LogP contribution in [0.5, 0.6) is 11.5 Å². The van der Waals surface area contributed by atoms with Crippen LogP contribution in [0.4, 0.5) is 0 Å². The number of benzene rings is 3. The van der Waals surface area contributed by atoms with E-state index in [0.717, 1.165) is 24.5 Å². The molecule has 4 atom stereocenters. The molecular weight excluding hydrogens is 384 g/mol. The molecule has 0 bridgehead atoms. The Morgan fingerprint density at radius 1 is 0.871 bits per heavy atom. The summed E-state index contributed by atoms with van der Waals surface area (Å²) in [6.45, 7) is 3.87. The van der Waals surface area contributed by atoms with Crippen LogP contribution in [0.15, 0.2) is 72.8 Å². The van der Waals surface area contributed by atoms with Gasteiger partial charge in [-0.15, -0.1) is 0 Å². The summed E-state index contributed by atoms with van der Waals surface area (Å²) >= 11 is 0. The zero-order valence-electron chi connectivity index (χ0n) is 18.3. The number of ether oxygens (including phenoxy) is 3. The molecule has 0 radical (unpaired) electrons. The minimum Gasteiger partial charge on any atom is -0.497 e. The van der Waals surface area contributed by atoms with Crippen molar-refractivity contribution in [2.24, 2.45) is 5.92 Å². The van der Waals surface area contributed by atoms with Gasteiger partial charge in [-0.25, -0.2) is 0 Å². The molecule has 5 rings (SSSR count). The Kier molecular flexibility index (Phi) is 5.69. The molecule has 1 aliphatic carbocycles. The van der Waals surface area contributed by atoms with E-state index in [9.17, 15) is 0 Å². The smallest absolute Gasteiger partial charge is 0.119 e. The van der Waals surface area contributed by atoms with Crippen molar-refractivity contribution in [3.63, 3.8) is 0 Å². The summed E-state index contributed by atoms with van der Waals surface area (Å²) < 4.78 is 16.4. The van der Waals surface area contributed by atoms with E-state index >= 15 is 0 Å². The normalized spacial score (nSPS) is 24.3. The molecule has 31 heavy (non-hydrogen) atoms. The van der Waals surface area contributed by atoms with Crippen molar-refractivity contribution in [3.8, 4) is 11.5 Å². The fourth-order valence-electron chi connectivity index (χ4n) is 5.06. The van der Waals surface area contributed by atoms with Gasteiger partial charge < -0.3 is 14.2 Å². The van der Waals surface area contributed by atoms with Crippen LogP contribution in [-0.4, -0.2) is 26.4 Å². The van der Waals surface area contributed by atoms with E-state index < -0.39 is 0 Å². The molecule has 0 aromatic heterocycles. The number of hydrogen-bond donors (Lipinski definition) is 0. The van der Waals surface area contributed by atoms with Crippen molar-refractivity contribution in [2.45, 2.75) is 37.7 Å². The van der Waals surface area contributed by atoms with Gasteiger partial charge in [0.05, 0.1) is 13.7 Å². The molecule has 1 saturated heterocycles. The molecule has 3 heteroatoms. The zero-order valence-corrected chi connectivity index (χ0v) is 18.3. The highest BCUT2D eigenvalue weighted by atomic mass is 16.6. The maximum Gasteiger partial charge on any atom is 0.119 e. The molecule has 4 unspecified atom stereocenters. The molecule has 2 aliphatic rings. The minimum atomic E-state index is 0.285. The number of hydrogen-bond acceptors (Lipinski definition) is 3. The van der Waals surface area contributed by atoms with Crippen molar-refractivity contribution < 1.29 is 14.2 Å². The third-order valence-electron chi connectivity index (χ3n) is 6.71. The van der Waals surface area contributed by atoms with E-state index in [1.54, 1.807) is 7.11 Å². The van der Waals surface area contributed by atoms with Crippen molar-refractivity contribution in [1.29, 1.82) is 0 Å². The van der Waals surface area contributed by atoms with Gasteiger partial charge in [-0.1, -0.05) is 55.5 Å². The molecule has 0 amide bonds. The Balaban J connectivity index is 1.37. The molecular formula is C28H30O3. The molecule has 1 fully saturated rings. The van der Waals surface area contributed by atoms with Crippen LogP contribution < -0.4 is 9.47 Å². The average molecular weight is 415 g/mol. The summed E-state index contributed by atoms with van der Waals surface area (Å²) in [6, 6.07) is 26.2. The quantitative estimate of drug-likeness (QED) is 0.446.